The van der Waals surface area contributed by atoms with Crippen LogP contribution in [0.3, 0.4) is 0 Å². The second kappa shape index (κ2) is 8.84. The van der Waals surface area contributed by atoms with Crippen LogP contribution in [0.15, 0.2) is 72.8 Å². The quantitative estimate of drug-likeness (QED) is 0.298. The molecule has 0 radical (unpaired) electrons. The van der Waals surface area contributed by atoms with Crippen molar-refractivity contribution < 1.29 is 31.1 Å². The van der Waals surface area contributed by atoms with Gasteiger partial charge in [-0.3, -0.25) is 9.44 Å². The summed E-state index contributed by atoms with van der Waals surface area (Å²) < 4.78 is 63.1. The molecule has 0 saturated carbocycles. The molecule has 0 aliphatic heterocycles. The number of ether oxygens (including phenoxy) is 2. The average molecular weight is 501 g/mol. The Bertz CT molecular complexity index is 1510. The summed E-state index contributed by atoms with van der Waals surface area (Å²) in [6, 6.07) is 20.1. The second-order valence-corrected chi connectivity index (χ2v) is 11.0. The molecule has 0 aliphatic carbocycles. The van der Waals surface area contributed by atoms with Crippen LogP contribution < -0.4 is 18.9 Å². The van der Waals surface area contributed by atoms with E-state index in [9.17, 15) is 21.6 Å². The van der Waals surface area contributed by atoms with Gasteiger partial charge < -0.3 is 9.47 Å². The van der Waals surface area contributed by atoms with Gasteiger partial charge in [-0.2, -0.15) is 0 Å². The maximum atomic E-state index is 12.7. The van der Waals surface area contributed by atoms with E-state index in [1.807, 2.05) is 0 Å². The van der Waals surface area contributed by atoms with E-state index in [1.54, 1.807) is 60.7 Å². The number of anilines is 2. The molecule has 34 heavy (non-hydrogen) atoms. The molecule has 176 valence electrons. The third kappa shape index (κ3) is 5.38. The minimum absolute atomic E-state index is 0.0746. The SMILES string of the molecule is CS(=O)(=O)Nc1c(OC(=O)Oc2ccc3ccccc3c2NS(C)(=O)=O)ccc2ccccc12. The van der Waals surface area contributed by atoms with Crippen molar-refractivity contribution in [1.82, 2.24) is 0 Å². The van der Waals surface area contributed by atoms with E-state index in [0.29, 0.717) is 10.8 Å². The Morgan fingerprint density at radius 2 is 1.00 bits per heavy atom. The number of nitrogens with one attached hydrogen (secondary N) is 2. The number of hydrogen-bond donors (Lipinski definition) is 2. The molecule has 0 saturated heterocycles. The molecule has 9 nitrogen and oxygen atoms in total. The first-order valence-electron chi connectivity index (χ1n) is 9.89. The fourth-order valence-electron chi connectivity index (χ4n) is 3.45. The fraction of sp³-hybridized carbons (Fsp3) is 0.0870. The van der Waals surface area contributed by atoms with Crippen LogP contribution in [0.4, 0.5) is 16.2 Å². The number of rotatable bonds is 6. The van der Waals surface area contributed by atoms with Crippen molar-refractivity contribution in [2.24, 2.45) is 0 Å². The minimum Gasteiger partial charge on any atom is -0.392 e. The van der Waals surface area contributed by atoms with E-state index >= 15 is 0 Å². The van der Waals surface area contributed by atoms with Gasteiger partial charge in [-0.15, -0.1) is 0 Å². The molecule has 4 aromatic carbocycles. The van der Waals surface area contributed by atoms with E-state index in [-0.39, 0.29) is 22.9 Å². The molecule has 2 N–H and O–H groups in total. The molecule has 0 spiro atoms. The first-order chi connectivity index (χ1) is 16.0. The Balaban J connectivity index is 1.71. The van der Waals surface area contributed by atoms with Gasteiger partial charge in [0.1, 0.15) is 0 Å². The highest BCUT2D eigenvalue weighted by molar-refractivity contribution is 7.92. The highest BCUT2D eigenvalue weighted by Crippen LogP contribution is 2.36. The predicted molar refractivity (Wildman–Crippen MR) is 131 cm³/mol. The van der Waals surface area contributed by atoms with Crippen LogP contribution in [0.1, 0.15) is 0 Å². The van der Waals surface area contributed by atoms with Crippen molar-refractivity contribution in [3.63, 3.8) is 0 Å². The molecule has 0 bridgehead atoms. The first-order valence-corrected chi connectivity index (χ1v) is 13.7. The Kier molecular flexibility index (Phi) is 6.07. The standard InChI is InChI=1S/C23H20N2O7S2/c1-33(27,28)24-21-17-9-5-3-7-15(17)11-13-19(21)31-23(26)32-20-14-12-16-8-4-6-10-18(16)22(20)25-34(2,29)30/h3-14,24-25H,1-2H3. The minimum atomic E-state index is -3.70. The normalized spacial score (nSPS) is 11.8. The molecule has 4 aromatic rings. The van der Waals surface area contributed by atoms with Gasteiger partial charge in [0.2, 0.25) is 20.0 Å². The summed E-state index contributed by atoms with van der Waals surface area (Å²) in [4.78, 5) is 12.7. The number of carbonyl (C=O) groups is 1. The number of benzene rings is 4. The molecule has 0 aliphatic rings. The van der Waals surface area contributed by atoms with Crippen molar-refractivity contribution >= 4 is 59.1 Å². The van der Waals surface area contributed by atoms with Crippen LogP contribution in [-0.2, 0) is 20.0 Å². The van der Waals surface area contributed by atoms with E-state index in [1.165, 1.54) is 12.1 Å². The molecular formula is C23H20N2O7S2. The maximum Gasteiger partial charge on any atom is 0.519 e. The van der Waals surface area contributed by atoms with E-state index in [4.69, 9.17) is 9.47 Å². The lowest BCUT2D eigenvalue weighted by Gasteiger charge is -2.16. The molecule has 0 heterocycles. The van der Waals surface area contributed by atoms with Crippen molar-refractivity contribution in [3.05, 3.63) is 72.8 Å². The topological polar surface area (TPSA) is 128 Å². The van der Waals surface area contributed by atoms with Crippen LogP contribution in [0.5, 0.6) is 11.5 Å². The summed E-state index contributed by atoms with van der Waals surface area (Å²) in [5, 5.41) is 2.48. The zero-order valence-corrected chi connectivity index (χ0v) is 19.7. The predicted octanol–water partition coefficient (Wildman–Crippen LogP) is 4.31. The molecule has 0 atom stereocenters. The van der Waals surface area contributed by atoms with Crippen molar-refractivity contribution in [1.29, 1.82) is 0 Å². The zero-order valence-electron chi connectivity index (χ0n) is 18.1. The lowest BCUT2D eigenvalue weighted by Crippen LogP contribution is -2.18. The van der Waals surface area contributed by atoms with Crippen LogP contribution >= 0.6 is 0 Å². The third-order valence-electron chi connectivity index (χ3n) is 4.74. The summed E-state index contributed by atoms with van der Waals surface area (Å²) in [5.74, 6) is -0.153. The monoisotopic (exact) mass is 500 g/mol. The molecule has 0 aromatic heterocycles. The Morgan fingerprint density at radius 3 is 1.38 bits per heavy atom. The van der Waals surface area contributed by atoms with Gasteiger partial charge in [0.25, 0.3) is 0 Å². The third-order valence-corrected chi connectivity index (χ3v) is 5.89. The summed E-state index contributed by atoms with van der Waals surface area (Å²) in [6.07, 6.45) is 0.781. The maximum absolute atomic E-state index is 12.7. The molecule has 4 rings (SSSR count). The van der Waals surface area contributed by atoms with Gasteiger partial charge in [-0.25, -0.2) is 21.6 Å². The van der Waals surface area contributed by atoms with Gasteiger partial charge in [0.05, 0.1) is 23.9 Å². The van der Waals surface area contributed by atoms with Crippen molar-refractivity contribution in [2.75, 3.05) is 22.0 Å². The smallest absolute Gasteiger partial charge is 0.392 e. The molecule has 0 unspecified atom stereocenters. The second-order valence-electron chi connectivity index (χ2n) is 7.52. The van der Waals surface area contributed by atoms with Crippen molar-refractivity contribution in [2.45, 2.75) is 0 Å². The first kappa shape index (κ1) is 23.3. The molecule has 0 amide bonds. The van der Waals surface area contributed by atoms with Gasteiger partial charge in [0, 0.05) is 10.8 Å². The van der Waals surface area contributed by atoms with Crippen LogP contribution in [0.2, 0.25) is 0 Å². The zero-order chi connectivity index (χ0) is 24.5. The number of hydrogen-bond acceptors (Lipinski definition) is 7. The summed E-state index contributed by atoms with van der Waals surface area (Å²) in [6.45, 7) is 0. The highest BCUT2D eigenvalue weighted by atomic mass is 32.2. The van der Waals surface area contributed by atoms with Gasteiger partial charge in [-0.1, -0.05) is 60.7 Å². The largest absolute Gasteiger partial charge is 0.519 e. The Morgan fingerprint density at radius 1 is 0.618 bits per heavy atom. The van der Waals surface area contributed by atoms with E-state index < -0.39 is 26.2 Å². The Labute approximate surface area is 196 Å². The summed E-state index contributed by atoms with van der Waals surface area (Å²) in [5.41, 5.74) is 0.149. The van der Waals surface area contributed by atoms with Crippen molar-refractivity contribution in [3.8, 4) is 11.5 Å². The molecule has 0 fully saturated rings. The number of carbonyl (C=O) groups excluding carboxylic acids is 1. The lowest BCUT2D eigenvalue weighted by atomic mass is 10.1. The Hall–Kier alpha value is -3.83. The average Bonchev–Trinajstić information content (AvgIpc) is 2.75. The fourth-order valence-corrected chi connectivity index (χ4v) is 4.62. The van der Waals surface area contributed by atoms with Crippen LogP contribution in [0.25, 0.3) is 21.5 Å². The summed E-state index contributed by atoms with van der Waals surface area (Å²) >= 11 is 0. The summed E-state index contributed by atoms with van der Waals surface area (Å²) in [7, 11) is -7.39. The van der Waals surface area contributed by atoms with Crippen LogP contribution in [-0.4, -0.2) is 35.5 Å². The van der Waals surface area contributed by atoms with Gasteiger partial charge in [-0.05, 0) is 22.9 Å². The van der Waals surface area contributed by atoms with Gasteiger partial charge >= 0.3 is 6.16 Å². The highest BCUT2D eigenvalue weighted by Gasteiger charge is 2.20. The molecular weight excluding hydrogens is 480 g/mol. The number of sulfonamides is 2. The molecule has 11 heteroatoms. The number of fused-ring (bicyclic) bond motifs is 2. The van der Waals surface area contributed by atoms with Crippen LogP contribution in [0, 0.1) is 0 Å². The van der Waals surface area contributed by atoms with E-state index in [2.05, 4.69) is 9.44 Å². The van der Waals surface area contributed by atoms with E-state index in [0.717, 1.165) is 23.3 Å². The lowest BCUT2D eigenvalue weighted by molar-refractivity contribution is 0.152. The van der Waals surface area contributed by atoms with Gasteiger partial charge in [0.15, 0.2) is 11.5 Å².